The van der Waals surface area contributed by atoms with Gasteiger partial charge < -0.3 is 14.2 Å². The van der Waals surface area contributed by atoms with E-state index in [2.05, 4.69) is 98.2 Å². The minimum absolute atomic E-state index is 0.303. The zero-order chi connectivity index (χ0) is 29.4. The average molecular weight is 567 g/mol. The molecule has 216 valence electrons. The van der Waals surface area contributed by atoms with E-state index in [0.717, 1.165) is 66.9 Å². The summed E-state index contributed by atoms with van der Waals surface area (Å²) in [5.74, 6) is 14.6. The second-order valence-electron chi connectivity index (χ2n) is 11.4. The lowest BCUT2D eigenvalue weighted by Crippen LogP contribution is -2.04. The Morgan fingerprint density at radius 1 is 0.698 bits per heavy atom. The van der Waals surface area contributed by atoms with Crippen LogP contribution in [0.2, 0.25) is 0 Å². The van der Waals surface area contributed by atoms with Gasteiger partial charge in [-0.1, -0.05) is 68.2 Å². The number of hydrogen-bond acceptors (Lipinski definition) is 3. The van der Waals surface area contributed by atoms with Gasteiger partial charge in [-0.2, -0.15) is 0 Å². The van der Waals surface area contributed by atoms with Crippen molar-refractivity contribution in [1.82, 2.24) is 0 Å². The van der Waals surface area contributed by atoms with E-state index in [0.29, 0.717) is 25.2 Å². The fourth-order valence-electron chi connectivity index (χ4n) is 5.50. The predicted octanol–water partition coefficient (Wildman–Crippen LogP) is 8.15. The second-order valence-corrected chi connectivity index (χ2v) is 11.4. The molecule has 1 saturated heterocycles. The normalized spacial score (nSPS) is 15.9. The molecule has 0 radical (unpaired) electrons. The van der Waals surface area contributed by atoms with Crippen LogP contribution >= 0.6 is 0 Å². The van der Waals surface area contributed by atoms with Gasteiger partial charge in [0, 0.05) is 34.8 Å². The number of unbranched alkanes of at least 4 members (excludes halogenated alkanes) is 1. The molecule has 0 aromatic heterocycles. The summed E-state index contributed by atoms with van der Waals surface area (Å²) in [4.78, 5) is 0. The lowest BCUT2D eigenvalue weighted by atomic mass is 9.97. The Labute approximate surface area is 256 Å². The molecule has 3 nitrogen and oxygen atoms in total. The standard InChI is InChI=1S/C40H38O3/c1-3-6-30-7-9-31(10-8-30)11-13-33-17-21-37-38-22-18-34(26-40(38)29(2)39(37)25-33)14-12-32-15-19-35(20-16-32)42-24-5-4-23-41-27-36-28-43-36/h7-10,15-22,25-26,29,36H,3-6,23-24,27-28H2,1-2H3. The maximum absolute atomic E-state index is 5.88. The summed E-state index contributed by atoms with van der Waals surface area (Å²) in [6.45, 7) is 7.49. The maximum Gasteiger partial charge on any atom is 0.119 e. The van der Waals surface area contributed by atoms with Crippen LogP contribution in [0.4, 0.5) is 0 Å². The smallest absolute Gasteiger partial charge is 0.119 e. The summed E-state index contributed by atoms with van der Waals surface area (Å²) in [5.41, 5.74) is 10.7. The van der Waals surface area contributed by atoms with E-state index in [1.807, 2.05) is 24.3 Å². The van der Waals surface area contributed by atoms with Crippen LogP contribution in [0.25, 0.3) is 11.1 Å². The van der Waals surface area contributed by atoms with Gasteiger partial charge >= 0.3 is 0 Å². The van der Waals surface area contributed by atoms with Crippen molar-refractivity contribution in [2.75, 3.05) is 26.4 Å². The molecule has 0 saturated carbocycles. The van der Waals surface area contributed by atoms with Crippen LogP contribution in [0.1, 0.15) is 78.0 Å². The molecule has 43 heavy (non-hydrogen) atoms. The number of aryl methyl sites for hydroxylation is 1. The molecule has 2 atom stereocenters. The van der Waals surface area contributed by atoms with Gasteiger partial charge in [0.05, 0.1) is 19.8 Å². The first-order valence-corrected chi connectivity index (χ1v) is 15.5. The fourth-order valence-corrected chi connectivity index (χ4v) is 5.50. The summed E-state index contributed by atoms with van der Waals surface area (Å²) >= 11 is 0. The van der Waals surface area contributed by atoms with Crippen molar-refractivity contribution in [3.8, 4) is 40.6 Å². The number of epoxide rings is 1. The highest BCUT2D eigenvalue weighted by Crippen LogP contribution is 2.45. The van der Waals surface area contributed by atoms with Gasteiger partial charge in [0.25, 0.3) is 0 Å². The van der Waals surface area contributed by atoms with E-state index in [1.165, 1.54) is 27.8 Å². The van der Waals surface area contributed by atoms with Gasteiger partial charge in [0.15, 0.2) is 0 Å². The van der Waals surface area contributed by atoms with E-state index in [4.69, 9.17) is 14.2 Å². The van der Waals surface area contributed by atoms with Gasteiger partial charge in [-0.3, -0.25) is 0 Å². The van der Waals surface area contributed by atoms with Crippen molar-refractivity contribution in [1.29, 1.82) is 0 Å². The van der Waals surface area contributed by atoms with Crippen molar-refractivity contribution in [2.45, 2.75) is 51.6 Å². The predicted molar refractivity (Wildman–Crippen MR) is 174 cm³/mol. The first kappa shape index (κ1) is 28.8. The zero-order valence-corrected chi connectivity index (χ0v) is 25.1. The van der Waals surface area contributed by atoms with E-state index >= 15 is 0 Å². The van der Waals surface area contributed by atoms with Crippen molar-refractivity contribution in [2.24, 2.45) is 0 Å². The van der Waals surface area contributed by atoms with Crippen LogP contribution in [-0.2, 0) is 15.9 Å². The van der Waals surface area contributed by atoms with Crippen molar-refractivity contribution in [3.05, 3.63) is 124 Å². The molecule has 6 rings (SSSR count). The van der Waals surface area contributed by atoms with Crippen LogP contribution in [0.5, 0.6) is 5.75 Å². The molecule has 1 aliphatic heterocycles. The van der Waals surface area contributed by atoms with Crippen molar-refractivity contribution >= 4 is 0 Å². The van der Waals surface area contributed by atoms with Gasteiger partial charge in [0.1, 0.15) is 11.9 Å². The minimum Gasteiger partial charge on any atom is -0.494 e. The Morgan fingerprint density at radius 3 is 1.81 bits per heavy atom. The van der Waals surface area contributed by atoms with Crippen molar-refractivity contribution in [3.63, 3.8) is 0 Å². The first-order valence-electron chi connectivity index (χ1n) is 15.5. The van der Waals surface area contributed by atoms with E-state index in [9.17, 15) is 0 Å². The van der Waals surface area contributed by atoms with Gasteiger partial charge in [-0.15, -0.1) is 0 Å². The molecule has 0 bridgehead atoms. The first-order chi connectivity index (χ1) is 21.2. The Hall–Kier alpha value is -4.28. The molecule has 0 amide bonds. The fraction of sp³-hybridized carbons (Fsp3) is 0.300. The zero-order valence-electron chi connectivity index (χ0n) is 25.1. The third-order valence-corrected chi connectivity index (χ3v) is 8.03. The molecular weight excluding hydrogens is 528 g/mol. The third kappa shape index (κ3) is 7.57. The van der Waals surface area contributed by atoms with Crippen LogP contribution in [0, 0.1) is 23.7 Å². The van der Waals surface area contributed by atoms with Gasteiger partial charge in [0.2, 0.25) is 0 Å². The average Bonchev–Trinajstić information content (AvgIpc) is 3.83. The number of rotatable bonds is 10. The highest BCUT2D eigenvalue weighted by Gasteiger charge is 2.25. The Kier molecular flexibility index (Phi) is 9.25. The van der Waals surface area contributed by atoms with E-state index in [-0.39, 0.29) is 0 Å². The minimum atomic E-state index is 0.303. The number of fused-ring (bicyclic) bond motifs is 3. The highest BCUT2D eigenvalue weighted by molar-refractivity contribution is 5.80. The molecule has 1 aliphatic carbocycles. The number of ether oxygens (including phenoxy) is 3. The lowest BCUT2D eigenvalue weighted by Gasteiger charge is -2.07. The molecule has 3 heteroatoms. The van der Waals surface area contributed by atoms with E-state index in [1.54, 1.807) is 0 Å². The summed E-state index contributed by atoms with van der Waals surface area (Å²) < 4.78 is 16.6. The Bertz CT molecular complexity index is 1670. The SMILES string of the molecule is CCCc1ccc(C#Cc2ccc3c(c2)C(C)c2cc(C#Cc4ccc(OCCCCOCC5CO5)cc4)ccc2-3)cc1. The molecule has 1 fully saturated rings. The molecule has 0 N–H and O–H groups in total. The largest absolute Gasteiger partial charge is 0.494 e. The summed E-state index contributed by atoms with van der Waals surface area (Å²) in [6.07, 6.45) is 4.57. The quantitative estimate of drug-likeness (QED) is 0.110. The molecular formula is C40H38O3. The van der Waals surface area contributed by atoms with Gasteiger partial charge in [-0.25, -0.2) is 0 Å². The highest BCUT2D eigenvalue weighted by atomic mass is 16.6. The van der Waals surface area contributed by atoms with Crippen LogP contribution in [0.15, 0.2) is 84.9 Å². The maximum atomic E-state index is 5.88. The summed E-state index contributed by atoms with van der Waals surface area (Å²) in [6, 6.07) is 29.9. The second kappa shape index (κ2) is 13.8. The van der Waals surface area contributed by atoms with Crippen LogP contribution < -0.4 is 4.74 Å². The number of benzene rings is 4. The summed E-state index contributed by atoms with van der Waals surface area (Å²) in [5, 5.41) is 0. The van der Waals surface area contributed by atoms with E-state index < -0.39 is 0 Å². The number of hydrogen-bond donors (Lipinski definition) is 0. The van der Waals surface area contributed by atoms with Crippen LogP contribution in [0.3, 0.4) is 0 Å². The monoisotopic (exact) mass is 566 g/mol. The molecule has 0 spiro atoms. The molecule has 4 aromatic rings. The third-order valence-electron chi connectivity index (χ3n) is 8.03. The van der Waals surface area contributed by atoms with Gasteiger partial charge in [-0.05, 0) is 108 Å². The summed E-state index contributed by atoms with van der Waals surface area (Å²) in [7, 11) is 0. The Morgan fingerprint density at radius 2 is 1.23 bits per heavy atom. The Balaban J connectivity index is 1.05. The molecule has 2 unspecified atom stereocenters. The molecule has 2 aliphatic rings. The lowest BCUT2D eigenvalue weighted by molar-refractivity contribution is 0.110. The van der Waals surface area contributed by atoms with Crippen molar-refractivity contribution < 1.29 is 14.2 Å². The topological polar surface area (TPSA) is 31.0 Å². The van der Waals surface area contributed by atoms with Crippen LogP contribution in [-0.4, -0.2) is 32.5 Å². The molecule has 1 heterocycles. The molecule has 4 aromatic carbocycles.